The zero-order chi connectivity index (χ0) is 20.3. The van der Waals surface area contributed by atoms with Crippen LogP contribution in [0.4, 0.5) is 5.69 Å². The minimum absolute atomic E-state index is 0.311. The fraction of sp³-hybridized carbons (Fsp3) is 0.227. The number of nitrogens with zero attached hydrogens (tertiary/aromatic N) is 2. The maximum Gasteiger partial charge on any atom is 0.240 e. The van der Waals surface area contributed by atoms with E-state index in [0.717, 1.165) is 11.1 Å². The summed E-state index contributed by atoms with van der Waals surface area (Å²) >= 11 is 0. The van der Waals surface area contributed by atoms with Crippen LogP contribution in [-0.2, 0) is 14.4 Å². The first-order valence-electron chi connectivity index (χ1n) is 9.38. The van der Waals surface area contributed by atoms with E-state index in [2.05, 4.69) is 0 Å². The highest BCUT2D eigenvalue weighted by molar-refractivity contribution is 6.24. The van der Waals surface area contributed by atoms with Crippen molar-refractivity contribution in [1.82, 2.24) is 4.90 Å². The van der Waals surface area contributed by atoms with Gasteiger partial charge in [-0.05, 0) is 41.5 Å². The molecule has 0 unspecified atom stereocenters. The maximum absolute atomic E-state index is 13.5. The summed E-state index contributed by atoms with van der Waals surface area (Å²) in [5, 5.41) is 0. The Bertz CT molecular complexity index is 1060. The number of imide groups is 1. The van der Waals surface area contributed by atoms with Crippen molar-refractivity contribution in [3.63, 3.8) is 0 Å². The van der Waals surface area contributed by atoms with Gasteiger partial charge in [-0.25, -0.2) is 4.90 Å². The topological polar surface area (TPSA) is 92.9 Å². The molecule has 3 heterocycles. The third-order valence-electron chi connectivity index (χ3n) is 6.08. The first-order chi connectivity index (χ1) is 14.0. The minimum Gasteiger partial charge on any atom is -0.497 e. The molecule has 7 nitrogen and oxygen atoms in total. The first-order valence-corrected chi connectivity index (χ1v) is 9.38. The second-order valence-corrected chi connectivity index (χ2v) is 7.45. The lowest BCUT2D eigenvalue weighted by Crippen LogP contribution is -2.46. The molecule has 146 valence electrons. The highest BCUT2D eigenvalue weighted by Crippen LogP contribution is 2.53. The van der Waals surface area contributed by atoms with Crippen LogP contribution in [0.1, 0.15) is 17.2 Å². The number of hydrogen-bond acceptors (Lipinski definition) is 5. The van der Waals surface area contributed by atoms with Crippen molar-refractivity contribution in [2.75, 3.05) is 12.0 Å². The molecule has 0 aliphatic carbocycles. The van der Waals surface area contributed by atoms with Gasteiger partial charge in [0.15, 0.2) is 0 Å². The molecule has 0 saturated carbocycles. The molecule has 0 bridgehead atoms. The van der Waals surface area contributed by atoms with Gasteiger partial charge in [-0.1, -0.05) is 24.3 Å². The lowest BCUT2D eigenvalue weighted by Gasteiger charge is -2.34. The fourth-order valence-corrected chi connectivity index (χ4v) is 4.87. The van der Waals surface area contributed by atoms with Gasteiger partial charge in [0.2, 0.25) is 17.7 Å². The Balaban J connectivity index is 1.62. The monoisotopic (exact) mass is 389 g/mol. The maximum atomic E-state index is 13.5. The predicted octanol–water partition coefficient (Wildman–Crippen LogP) is 1.70. The molecule has 29 heavy (non-hydrogen) atoms. The standard InChI is InChI=1S/C22H19N3O4/c1-29-14-8-6-13(7-9-14)25-21(27)16-17(22(25)28)19(20(23)26)24-11-10-12-4-2-3-5-15(12)18(16)24/h2-11,16-19H,1H3,(H2,23,26)/t16-,17+,18+,19-/m0/s1. The van der Waals surface area contributed by atoms with Crippen LogP contribution in [0.3, 0.4) is 0 Å². The molecule has 3 aliphatic rings. The van der Waals surface area contributed by atoms with E-state index in [0.29, 0.717) is 11.4 Å². The Labute approximate surface area is 167 Å². The number of carbonyl (C=O) groups is 3. The van der Waals surface area contributed by atoms with Gasteiger partial charge < -0.3 is 15.4 Å². The van der Waals surface area contributed by atoms with Crippen molar-refractivity contribution in [2.45, 2.75) is 12.1 Å². The number of benzene rings is 2. The van der Waals surface area contributed by atoms with Gasteiger partial charge in [-0.3, -0.25) is 14.4 Å². The molecule has 3 aliphatic heterocycles. The van der Waals surface area contributed by atoms with Crippen LogP contribution in [0.25, 0.3) is 6.08 Å². The van der Waals surface area contributed by atoms with Gasteiger partial charge in [0, 0.05) is 6.20 Å². The molecule has 7 heteroatoms. The second kappa shape index (κ2) is 6.20. The van der Waals surface area contributed by atoms with E-state index in [4.69, 9.17) is 10.5 Å². The van der Waals surface area contributed by atoms with E-state index in [1.807, 2.05) is 30.3 Å². The van der Waals surface area contributed by atoms with E-state index in [9.17, 15) is 14.4 Å². The fourth-order valence-electron chi connectivity index (χ4n) is 4.87. The number of ether oxygens (including phenoxy) is 1. The van der Waals surface area contributed by atoms with Crippen LogP contribution >= 0.6 is 0 Å². The number of hydrogen-bond donors (Lipinski definition) is 1. The van der Waals surface area contributed by atoms with Crippen molar-refractivity contribution in [1.29, 1.82) is 0 Å². The normalized spacial score (nSPS) is 26.9. The van der Waals surface area contributed by atoms with Crippen molar-refractivity contribution in [2.24, 2.45) is 17.6 Å². The van der Waals surface area contributed by atoms with Gasteiger partial charge in [0.05, 0.1) is 30.7 Å². The van der Waals surface area contributed by atoms with Gasteiger partial charge in [-0.15, -0.1) is 0 Å². The molecule has 2 saturated heterocycles. The number of fused-ring (bicyclic) bond motifs is 5. The number of primary amides is 1. The van der Waals surface area contributed by atoms with Crippen molar-refractivity contribution in [3.8, 4) is 5.75 Å². The number of carbonyl (C=O) groups excluding carboxylic acids is 3. The zero-order valence-electron chi connectivity index (χ0n) is 15.7. The molecule has 3 amide bonds. The third kappa shape index (κ3) is 2.33. The summed E-state index contributed by atoms with van der Waals surface area (Å²) < 4.78 is 5.15. The predicted molar refractivity (Wildman–Crippen MR) is 106 cm³/mol. The highest BCUT2D eigenvalue weighted by atomic mass is 16.5. The van der Waals surface area contributed by atoms with Crippen LogP contribution in [0.15, 0.2) is 54.7 Å². The lowest BCUT2D eigenvalue weighted by molar-refractivity contribution is -0.129. The van der Waals surface area contributed by atoms with Crippen LogP contribution in [-0.4, -0.2) is 35.8 Å². The number of nitrogens with two attached hydrogens (primary N) is 1. The number of methoxy groups -OCH3 is 1. The van der Waals surface area contributed by atoms with Crippen LogP contribution < -0.4 is 15.4 Å². The van der Waals surface area contributed by atoms with Gasteiger partial charge >= 0.3 is 0 Å². The molecule has 2 N–H and O–H groups in total. The summed E-state index contributed by atoms with van der Waals surface area (Å²) in [6, 6.07) is 13.2. The summed E-state index contributed by atoms with van der Waals surface area (Å²) in [4.78, 5) is 42.1. The molecule has 0 spiro atoms. The Morgan fingerprint density at radius 1 is 1.00 bits per heavy atom. The average Bonchev–Trinajstić information content (AvgIpc) is 3.21. The summed E-state index contributed by atoms with van der Waals surface area (Å²) in [5.74, 6) is -2.18. The summed E-state index contributed by atoms with van der Waals surface area (Å²) in [6.07, 6.45) is 3.66. The molecule has 2 fully saturated rings. The Kier molecular flexibility index (Phi) is 3.74. The molecule has 0 aromatic heterocycles. The largest absolute Gasteiger partial charge is 0.497 e. The number of rotatable bonds is 3. The Morgan fingerprint density at radius 3 is 2.38 bits per heavy atom. The molecule has 5 rings (SSSR count). The third-order valence-corrected chi connectivity index (χ3v) is 6.08. The molecule has 0 radical (unpaired) electrons. The van der Waals surface area contributed by atoms with Crippen molar-refractivity contribution in [3.05, 3.63) is 65.9 Å². The van der Waals surface area contributed by atoms with E-state index >= 15 is 0 Å². The molecule has 4 atom stereocenters. The van der Waals surface area contributed by atoms with Gasteiger partial charge in [0.25, 0.3) is 0 Å². The second-order valence-electron chi connectivity index (χ2n) is 7.45. The van der Waals surface area contributed by atoms with E-state index in [1.54, 1.807) is 42.5 Å². The number of amides is 3. The first kappa shape index (κ1) is 17.5. The van der Waals surface area contributed by atoms with E-state index in [-0.39, 0.29) is 5.91 Å². The molecular weight excluding hydrogens is 370 g/mol. The lowest BCUT2D eigenvalue weighted by atomic mass is 9.84. The van der Waals surface area contributed by atoms with Crippen molar-refractivity contribution < 1.29 is 19.1 Å². The SMILES string of the molecule is COc1ccc(N2C(=O)[C@@H]3[C@H](C2=O)[C@H]2c4ccccc4C=CN2[C@@H]3C(N)=O)cc1. The highest BCUT2D eigenvalue weighted by Gasteiger charge is 2.64. The molecule has 2 aromatic rings. The van der Waals surface area contributed by atoms with Crippen LogP contribution in [0.5, 0.6) is 5.75 Å². The summed E-state index contributed by atoms with van der Waals surface area (Å²) in [6.45, 7) is 0. The number of anilines is 1. The van der Waals surface area contributed by atoms with Crippen molar-refractivity contribution >= 4 is 29.5 Å². The van der Waals surface area contributed by atoms with Crippen LogP contribution in [0.2, 0.25) is 0 Å². The van der Waals surface area contributed by atoms with E-state index in [1.165, 1.54) is 4.90 Å². The molecular formula is C22H19N3O4. The van der Waals surface area contributed by atoms with Crippen LogP contribution in [0, 0.1) is 11.8 Å². The smallest absolute Gasteiger partial charge is 0.240 e. The summed E-state index contributed by atoms with van der Waals surface area (Å²) in [7, 11) is 1.55. The quantitative estimate of drug-likeness (QED) is 0.807. The average molecular weight is 389 g/mol. The van der Waals surface area contributed by atoms with E-state index < -0.39 is 35.7 Å². The Morgan fingerprint density at radius 2 is 1.69 bits per heavy atom. The Hall–Kier alpha value is -3.61. The van der Waals surface area contributed by atoms with Gasteiger partial charge in [0.1, 0.15) is 11.8 Å². The summed E-state index contributed by atoms with van der Waals surface area (Å²) in [5.41, 5.74) is 8.06. The van der Waals surface area contributed by atoms with Gasteiger partial charge in [-0.2, -0.15) is 0 Å². The zero-order valence-corrected chi connectivity index (χ0v) is 15.7. The molecule has 2 aromatic carbocycles. The minimum atomic E-state index is -0.866.